The standard InChI is InChI=1S/C29H32N2O3S.C25H27N2O.2C12H15NO3S.C7H14O2.C3H8.2O3S/c1-28(2)22-14-12-13-15-24(22)30(5)26(28)16-10-8-7-9-11-17-27-29(3,4)23-20-21(35(32,33)34)18-19-25(23)31(27)6;1-20(28)27(21-14-8-7-9-15-21)19-13-6-5-10-18-24-25(2,3)22-16-11-12-17-23(22)26(24)4;2*1-8-12(2,3)10-7-9(17(14,15)16)5-6-11(10)13(8)4;1-2-3-4-5-6-7(8)9;1-3-2;2*1-4(2)3/h7-20H,1-6H3;5-19H,1-4H3;2*5-7H,1-4H3;2-6H2,1H3,(H,8,9);3H2,1-2H3;;/q;+1;;;;;;/p+3. The maximum Gasteiger partial charge on any atom is 0.425 e. The minimum Gasteiger partial charge on any atom is -0.481 e. The van der Waals surface area contributed by atoms with E-state index < -0.39 is 63.0 Å². The smallest absolute Gasteiger partial charge is 0.425 e. The summed E-state index contributed by atoms with van der Waals surface area (Å²) >= 11 is 0. The van der Waals surface area contributed by atoms with Gasteiger partial charge in [0.15, 0.2) is 22.8 Å². The fourth-order valence-electron chi connectivity index (χ4n) is 14.2. The molecule has 0 spiro atoms. The van der Waals surface area contributed by atoms with Crippen molar-refractivity contribution in [3.63, 3.8) is 0 Å². The van der Waals surface area contributed by atoms with Gasteiger partial charge in [-0.1, -0.05) is 164 Å². The molecule has 0 unspecified atom stereocenters. The predicted molar refractivity (Wildman–Crippen MR) is 464 cm³/mol. The number of para-hydroxylation sites is 3. The number of nitrogens with zero attached hydrogens (tertiary/aromatic N) is 6. The predicted octanol–water partition coefficient (Wildman–Crippen LogP) is 16.7. The van der Waals surface area contributed by atoms with Crippen LogP contribution in [0.5, 0.6) is 0 Å². The zero-order chi connectivity index (χ0) is 88.7. The molecule has 5 aliphatic heterocycles. The SMILES string of the molecule is CC(=O)N(/C=C/C=C/C=C/C1=[N+](C)c2ccccc2C1(C)C)c1ccccc1.CC1=[N+](C)c2ccc(S(=O)(=O)O)cc2C1(C)C.CC1=[N+](C)c2ccc(S(=O)(=O)O)cc2C1(C)C.CCC.CCCCCCC(=O)O.CN1C(=CC=CC=CC=CC2=[N+](C)c3ccccc3C2(C)C)C(C)(C)c2cc(S(=O)(=O)O)ccc21.O=S(=O)=O.O=S(=O)=O. The first-order valence-corrected chi connectivity index (χ1v) is 44.1. The van der Waals surface area contributed by atoms with Gasteiger partial charge in [0.25, 0.3) is 30.4 Å². The molecule has 0 aliphatic carbocycles. The summed E-state index contributed by atoms with van der Waals surface area (Å²) < 4.78 is 155. The largest absolute Gasteiger partial charge is 0.481 e. The first-order chi connectivity index (χ1) is 54.2. The highest BCUT2D eigenvalue weighted by Crippen LogP contribution is 2.48. The molecule has 5 aliphatic rings. The van der Waals surface area contributed by atoms with Crippen molar-refractivity contribution in [2.24, 2.45) is 0 Å². The minimum atomic E-state index is -4.24. The number of unbranched alkanes of at least 4 members (excludes halogenated alkanes) is 3. The molecule has 0 atom stereocenters. The summed E-state index contributed by atoms with van der Waals surface area (Å²) in [5.74, 6) is -0.694. The number of carbonyl (C=O) groups excluding carboxylic acids is 1. The van der Waals surface area contributed by atoms with Crippen molar-refractivity contribution in [2.75, 3.05) is 45.0 Å². The first-order valence-electron chi connectivity index (χ1n) is 37.8. The number of carboxylic acid groups (broad SMARTS) is 1. The van der Waals surface area contributed by atoms with E-state index >= 15 is 0 Å². The zero-order valence-electron chi connectivity index (χ0n) is 70.7. The highest BCUT2D eigenvalue weighted by molar-refractivity contribution is 7.86. The van der Waals surface area contributed by atoms with E-state index in [2.05, 4.69) is 157 Å². The van der Waals surface area contributed by atoms with Gasteiger partial charge in [0, 0.05) is 122 Å². The van der Waals surface area contributed by atoms with E-state index in [-0.39, 0.29) is 42.3 Å². The average molecular weight is 1700 g/mol. The summed E-state index contributed by atoms with van der Waals surface area (Å²) in [7, 11) is -8.64. The molecule has 630 valence electrons. The molecule has 117 heavy (non-hydrogen) atoms. The number of benzene rings is 6. The molecular formula is C88H114N6O18S5+4. The molecule has 4 N–H and O–H groups in total. The van der Waals surface area contributed by atoms with Crippen LogP contribution in [0.3, 0.4) is 0 Å². The second kappa shape index (κ2) is 42.3. The van der Waals surface area contributed by atoms with E-state index in [1.54, 1.807) is 54.4 Å². The lowest BCUT2D eigenvalue weighted by Gasteiger charge is -2.23. The molecule has 0 aromatic heterocycles. The van der Waals surface area contributed by atoms with Gasteiger partial charge in [-0.2, -0.15) is 34.4 Å². The molecule has 6 aromatic rings. The van der Waals surface area contributed by atoms with Gasteiger partial charge in [0.05, 0.1) is 36.3 Å². The number of carbonyl (C=O) groups is 2. The van der Waals surface area contributed by atoms with Crippen LogP contribution in [0.4, 0.5) is 34.1 Å². The van der Waals surface area contributed by atoms with Gasteiger partial charge < -0.3 is 10.0 Å². The van der Waals surface area contributed by atoms with Crippen LogP contribution in [0.25, 0.3) is 0 Å². The van der Waals surface area contributed by atoms with Crippen molar-refractivity contribution in [2.45, 2.75) is 191 Å². The van der Waals surface area contributed by atoms with Gasteiger partial charge >= 0.3 is 27.2 Å². The fraction of sp³-hybridized carbons (Fsp3) is 0.364. The number of hydrogen-bond donors (Lipinski definition) is 4. The Bertz CT molecular complexity index is 5480. The molecule has 5 heterocycles. The van der Waals surface area contributed by atoms with E-state index in [9.17, 15) is 39.4 Å². The van der Waals surface area contributed by atoms with E-state index in [1.807, 2.05) is 157 Å². The summed E-state index contributed by atoms with van der Waals surface area (Å²) in [6.07, 6.45) is 31.9. The molecular weight excluding hydrogens is 1590 g/mol. The van der Waals surface area contributed by atoms with Gasteiger partial charge in [0.2, 0.25) is 28.7 Å². The Hall–Kier alpha value is -10.1. The number of allylic oxidation sites excluding steroid dienone is 13. The third kappa shape index (κ3) is 25.9. The van der Waals surface area contributed by atoms with Gasteiger partial charge in [-0.15, -0.1) is 25.3 Å². The van der Waals surface area contributed by atoms with Gasteiger partial charge in [-0.25, -0.2) is 9.15 Å². The summed E-state index contributed by atoms with van der Waals surface area (Å²) in [4.78, 5) is 25.4. The zero-order valence-corrected chi connectivity index (χ0v) is 74.8. The van der Waals surface area contributed by atoms with Crippen LogP contribution in [-0.4, -0.2) is 158 Å². The van der Waals surface area contributed by atoms with Crippen molar-refractivity contribution in [1.82, 2.24) is 0 Å². The van der Waals surface area contributed by atoms with Gasteiger partial charge in [-0.3, -0.25) is 28.1 Å². The molecule has 0 saturated heterocycles. The summed E-state index contributed by atoms with van der Waals surface area (Å²) in [6, 6.07) is 40.9. The number of anilines is 2. The summed E-state index contributed by atoms with van der Waals surface area (Å²) in [5.41, 5.74) is 16.6. The molecule has 0 radical (unpaired) electrons. The minimum absolute atomic E-state index is 0.0194. The number of aliphatic carboxylic acids is 1. The number of hydrogen-bond acceptors (Lipinski definition) is 15. The topological polar surface area (TPSA) is 338 Å². The number of rotatable bonds is 17. The second-order valence-electron chi connectivity index (χ2n) is 30.7. The average Bonchev–Trinajstić information content (AvgIpc) is 1.65. The summed E-state index contributed by atoms with van der Waals surface area (Å²) in [6.45, 7) is 33.2. The van der Waals surface area contributed by atoms with E-state index in [0.29, 0.717) is 6.42 Å². The quantitative estimate of drug-likeness (QED) is 0.0285. The van der Waals surface area contributed by atoms with Gasteiger partial charge in [0.1, 0.15) is 28.2 Å². The number of fused-ring (bicyclic) bond motifs is 5. The normalized spacial score (nSPS) is 16.4. The first kappa shape index (κ1) is 99.3. The number of amides is 1. The molecule has 1 amide bonds. The van der Waals surface area contributed by atoms with E-state index in [0.717, 1.165) is 75.8 Å². The van der Waals surface area contributed by atoms with Crippen molar-refractivity contribution in [3.05, 3.63) is 246 Å². The lowest BCUT2D eigenvalue weighted by molar-refractivity contribution is -0.403. The third-order valence-electron chi connectivity index (χ3n) is 21.0. The highest BCUT2D eigenvalue weighted by Gasteiger charge is 2.46. The molecule has 29 heteroatoms. The van der Waals surface area contributed by atoms with Crippen molar-refractivity contribution < 1.29 is 97.2 Å². The second-order valence-corrected chi connectivity index (χ2v) is 35.7. The molecule has 11 rings (SSSR count). The molecule has 0 bridgehead atoms. The Morgan fingerprint density at radius 3 is 1.17 bits per heavy atom. The summed E-state index contributed by atoms with van der Waals surface area (Å²) in [5, 5.41) is 8.21. The van der Waals surface area contributed by atoms with Crippen LogP contribution in [0.1, 0.15) is 177 Å². The third-order valence-corrected chi connectivity index (χ3v) is 23.5. The molecule has 0 saturated carbocycles. The molecule has 24 nitrogen and oxygen atoms in total. The number of likely N-dealkylation sites (N-methyl/N-ethyl adjacent to an activating group) is 1. The van der Waals surface area contributed by atoms with Crippen molar-refractivity contribution in [3.8, 4) is 0 Å². The monoisotopic (exact) mass is 1700 g/mol. The molecule has 6 aromatic carbocycles. The van der Waals surface area contributed by atoms with Crippen molar-refractivity contribution >= 4 is 120 Å². The fourth-order valence-corrected chi connectivity index (χ4v) is 15.7. The van der Waals surface area contributed by atoms with E-state index in [1.165, 1.54) is 65.0 Å². The Kier molecular flexibility index (Phi) is 35.9. The maximum atomic E-state index is 11.9. The number of carboxylic acids is 1. The van der Waals surface area contributed by atoms with Crippen LogP contribution >= 0.6 is 0 Å². The lowest BCUT2D eigenvalue weighted by atomic mass is 9.81. The van der Waals surface area contributed by atoms with Crippen LogP contribution in [0.2, 0.25) is 0 Å². The van der Waals surface area contributed by atoms with Crippen LogP contribution in [0, 0.1) is 0 Å². The maximum absolute atomic E-state index is 11.9. The Morgan fingerprint density at radius 1 is 0.444 bits per heavy atom. The highest BCUT2D eigenvalue weighted by atomic mass is 32.2. The van der Waals surface area contributed by atoms with Crippen LogP contribution in [-0.2, 0) is 88.2 Å². The van der Waals surface area contributed by atoms with Crippen molar-refractivity contribution in [1.29, 1.82) is 0 Å². The Morgan fingerprint density at radius 2 is 0.795 bits per heavy atom. The Labute approximate surface area is 695 Å². The van der Waals surface area contributed by atoms with Crippen LogP contribution in [0.15, 0.2) is 233 Å². The van der Waals surface area contributed by atoms with Crippen LogP contribution < -0.4 is 9.80 Å². The van der Waals surface area contributed by atoms with Gasteiger partial charge in [-0.05, 0) is 134 Å². The van der Waals surface area contributed by atoms with E-state index in [4.69, 9.17) is 39.5 Å². The lowest BCUT2D eigenvalue weighted by Crippen LogP contribution is -2.26. The Balaban J connectivity index is 0.000000313. The molecule has 0 fully saturated rings.